The molecule has 0 N–H and O–H groups in total. The fourth-order valence-electron chi connectivity index (χ4n) is 0.337. The van der Waals surface area contributed by atoms with Crippen molar-refractivity contribution in [2.45, 2.75) is 0 Å². The first-order valence-corrected chi connectivity index (χ1v) is 4.68. The van der Waals surface area contributed by atoms with Gasteiger partial charge >= 0.3 is 0 Å². The van der Waals surface area contributed by atoms with E-state index >= 15 is 0 Å². The van der Waals surface area contributed by atoms with Gasteiger partial charge in [0, 0.05) is 5.75 Å². The summed E-state index contributed by atoms with van der Waals surface area (Å²) in [6.07, 6.45) is 7.23. The smallest absolute Gasteiger partial charge is 0.130 e. The van der Waals surface area contributed by atoms with Crippen LogP contribution < -0.4 is 0 Å². The van der Waals surface area contributed by atoms with E-state index in [9.17, 15) is 0 Å². The SMILES string of the molecule is C1=CCSSOOC=C1. The molecule has 0 unspecified atom stereocenters. The van der Waals surface area contributed by atoms with Gasteiger partial charge in [0.15, 0.2) is 0 Å². The molecule has 0 aromatic rings. The van der Waals surface area contributed by atoms with Gasteiger partial charge in [-0.2, -0.15) is 0 Å². The molecule has 0 fully saturated rings. The molecule has 1 heterocycles. The maximum Gasteiger partial charge on any atom is 0.130 e. The molecule has 2 nitrogen and oxygen atoms in total. The molecule has 1 aliphatic rings. The molecule has 4 heteroatoms. The average Bonchev–Trinajstić information content (AvgIpc) is 2.00. The molecule has 1 aliphatic heterocycles. The molecule has 0 saturated heterocycles. The van der Waals surface area contributed by atoms with Crippen molar-refractivity contribution in [2.24, 2.45) is 0 Å². The Hall–Kier alpha value is -0.0600. The number of hydrogen-bond acceptors (Lipinski definition) is 4. The summed E-state index contributed by atoms with van der Waals surface area (Å²) in [5.74, 6) is 0.943. The van der Waals surface area contributed by atoms with Gasteiger partial charge in [0.05, 0.1) is 0 Å². The lowest BCUT2D eigenvalue weighted by molar-refractivity contribution is -0.127. The standard InChI is InChI=1S/C5H6O2S2/c1-2-4-6-7-9-8-5-3-1/h1-4H,5H2. The third kappa shape index (κ3) is 3.51. The van der Waals surface area contributed by atoms with Crippen LogP contribution in [0.15, 0.2) is 24.5 Å². The van der Waals surface area contributed by atoms with Crippen molar-refractivity contribution < 1.29 is 9.22 Å². The Kier molecular flexibility index (Phi) is 3.75. The zero-order valence-electron chi connectivity index (χ0n) is 4.65. The van der Waals surface area contributed by atoms with Gasteiger partial charge in [-0.3, -0.25) is 0 Å². The maximum atomic E-state index is 4.61. The molecule has 1 rings (SSSR count). The molecule has 9 heavy (non-hydrogen) atoms. The molecule has 0 saturated carbocycles. The molecule has 0 bridgehead atoms. The molecule has 0 radical (unpaired) electrons. The van der Waals surface area contributed by atoms with Gasteiger partial charge in [-0.1, -0.05) is 22.9 Å². The van der Waals surface area contributed by atoms with E-state index in [0.717, 1.165) is 5.75 Å². The van der Waals surface area contributed by atoms with Crippen molar-refractivity contribution in [2.75, 3.05) is 5.75 Å². The largest absolute Gasteiger partial charge is 0.332 e. The van der Waals surface area contributed by atoms with E-state index < -0.39 is 0 Å². The van der Waals surface area contributed by atoms with Gasteiger partial charge in [-0.25, -0.2) is 0 Å². The number of allylic oxidation sites excluding steroid dienone is 2. The van der Waals surface area contributed by atoms with Gasteiger partial charge < -0.3 is 4.89 Å². The Morgan fingerprint density at radius 1 is 1.33 bits per heavy atom. The summed E-state index contributed by atoms with van der Waals surface area (Å²) in [5, 5.41) is 0. The molecule has 0 amide bonds. The third-order valence-electron chi connectivity index (χ3n) is 0.661. The molecular formula is C5H6O2S2. The van der Waals surface area contributed by atoms with Crippen LogP contribution in [0.5, 0.6) is 0 Å². The van der Waals surface area contributed by atoms with Crippen molar-refractivity contribution in [1.29, 1.82) is 0 Å². The highest BCUT2D eigenvalue weighted by Crippen LogP contribution is 2.23. The zero-order valence-corrected chi connectivity index (χ0v) is 6.28. The lowest BCUT2D eigenvalue weighted by atomic mass is 10.5. The second kappa shape index (κ2) is 4.78. The van der Waals surface area contributed by atoms with Crippen LogP contribution >= 0.6 is 21.9 Å². The van der Waals surface area contributed by atoms with Crippen molar-refractivity contribution >= 4 is 21.9 Å². The lowest BCUT2D eigenvalue weighted by Gasteiger charge is -1.92. The Morgan fingerprint density at radius 3 is 3.33 bits per heavy atom. The van der Waals surface area contributed by atoms with Crippen LogP contribution in [0.4, 0.5) is 0 Å². The molecule has 0 aliphatic carbocycles. The van der Waals surface area contributed by atoms with E-state index in [0.29, 0.717) is 0 Å². The quantitative estimate of drug-likeness (QED) is 0.309. The summed E-state index contributed by atoms with van der Waals surface area (Å²) >= 11 is 1.23. The van der Waals surface area contributed by atoms with Gasteiger partial charge in [0.1, 0.15) is 17.3 Å². The van der Waals surface area contributed by atoms with E-state index in [4.69, 9.17) is 0 Å². The molecule has 0 atom stereocenters. The minimum atomic E-state index is 0.943. The van der Waals surface area contributed by atoms with Crippen LogP contribution in [0.1, 0.15) is 0 Å². The number of rotatable bonds is 0. The molecule has 50 valence electrons. The third-order valence-corrected chi connectivity index (χ3v) is 2.08. The topological polar surface area (TPSA) is 18.5 Å². The van der Waals surface area contributed by atoms with E-state index in [2.05, 4.69) is 9.22 Å². The van der Waals surface area contributed by atoms with E-state index in [1.54, 1.807) is 16.9 Å². The molecular weight excluding hydrogens is 156 g/mol. The molecule has 0 aromatic carbocycles. The minimum absolute atomic E-state index is 0.943. The van der Waals surface area contributed by atoms with Crippen molar-refractivity contribution in [3.63, 3.8) is 0 Å². The van der Waals surface area contributed by atoms with Gasteiger partial charge in [0.25, 0.3) is 0 Å². The lowest BCUT2D eigenvalue weighted by Crippen LogP contribution is -1.70. The van der Waals surface area contributed by atoms with Crippen molar-refractivity contribution in [3.8, 4) is 0 Å². The van der Waals surface area contributed by atoms with Crippen LogP contribution in [-0.2, 0) is 9.22 Å². The molecule has 0 spiro atoms. The first-order chi connectivity index (χ1) is 4.50. The van der Waals surface area contributed by atoms with Crippen LogP contribution in [-0.4, -0.2) is 5.75 Å². The first-order valence-electron chi connectivity index (χ1n) is 2.43. The summed E-state index contributed by atoms with van der Waals surface area (Å²) in [6, 6.07) is 0. The summed E-state index contributed by atoms with van der Waals surface area (Å²) in [7, 11) is 1.59. The fraction of sp³-hybridized carbons (Fsp3) is 0.200. The normalized spacial score (nSPS) is 19.6. The fourth-order valence-corrected chi connectivity index (χ4v) is 1.32. The van der Waals surface area contributed by atoms with E-state index in [1.165, 1.54) is 17.3 Å². The van der Waals surface area contributed by atoms with Crippen LogP contribution in [0.25, 0.3) is 0 Å². The Balaban J connectivity index is 2.28. The second-order valence-corrected chi connectivity index (χ2v) is 3.23. The van der Waals surface area contributed by atoms with Gasteiger partial charge in [0.2, 0.25) is 0 Å². The summed E-state index contributed by atoms with van der Waals surface area (Å²) < 4.78 is 4.61. The summed E-state index contributed by atoms with van der Waals surface area (Å²) in [4.78, 5) is 4.56. The van der Waals surface area contributed by atoms with E-state index in [1.807, 2.05) is 12.2 Å². The monoisotopic (exact) mass is 162 g/mol. The zero-order chi connectivity index (χ0) is 6.36. The van der Waals surface area contributed by atoms with Gasteiger partial charge in [-0.05, 0) is 6.08 Å². The Morgan fingerprint density at radius 2 is 2.33 bits per heavy atom. The van der Waals surface area contributed by atoms with Crippen LogP contribution in [0.3, 0.4) is 0 Å². The highest BCUT2D eigenvalue weighted by atomic mass is 33.1. The first kappa shape index (κ1) is 7.05. The maximum absolute atomic E-state index is 4.61. The minimum Gasteiger partial charge on any atom is -0.332 e. The predicted molar refractivity (Wildman–Crippen MR) is 40.5 cm³/mol. The van der Waals surface area contributed by atoms with Crippen LogP contribution in [0.2, 0.25) is 0 Å². The summed E-state index contributed by atoms with van der Waals surface area (Å²) in [6.45, 7) is 0. The highest BCUT2D eigenvalue weighted by Gasteiger charge is 1.88. The molecule has 0 aromatic heterocycles. The highest BCUT2D eigenvalue weighted by molar-refractivity contribution is 8.74. The van der Waals surface area contributed by atoms with Crippen molar-refractivity contribution in [3.05, 3.63) is 24.5 Å². The predicted octanol–water partition coefficient (Wildman–Crippen LogP) is 2.31. The Labute approximate surface area is 61.8 Å². The van der Waals surface area contributed by atoms with E-state index in [-0.39, 0.29) is 0 Å². The summed E-state index contributed by atoms with van der Waals surface area (Å²) in [5.41, 5.74) is 0. The average molecular weight is 162 g/mol. The van der Waals surface area contributed by atoms with Crippen LogP contribution in [0, 0.1) is 0 Å². The second-order valence-electron chi connectivity index (χ2n) is 1.27. The van der Waals surface area contributed by atoms with Crippen molar-refractivity contribution in [1.82, 2.24) is 0 Å². The van der Waals surface area contributed by atoms with Gasteiger partial charge in [-0.15, -0.1) is 4.33 Å². The number of hydrogen-bond donors (Lipinski definition) is 0. The Bertz CT molecular complexity index is 108.